The van der Waals surface area contributed by atoms with E-state index < -0.39 is 0 Å². The van der Waals surface area contributed by atoms with Crippen LogP contribution in [0.4, 0.5) is 0 Å². The van der Waals surface area contributed by atoms with Crippen molar-refractivity contribution in [3.8, 4) is 0 Å². The van der Waals surface area contributed by atoms with E-state index in [1.165, 1.54) is 0 Å². The van der Waals surface area contributed by atoms with Gasteiger partial charge in [0.2, 0.25) is 0 Å². The summed E-state index contributed by atoms with van der Waals surface area (Å²) < 4.78 is 0. The monoisotopic (exact) mass is 231 g/mol. The lowest BCUT2D eigenvalue weighted by Gasteiger charge is -2.41. The van der Waals surface area contributed by atoms with Crippen molar-refractivity contribution in [2.45, 2.75) is 44.5 Å². The molecule has 1 fully saturated rings. The van der Waals surface area contributed by atoms with Crippen LogP contribution in [0.2, 0.25) is 0 Å². The molecule has 1 heterocycles. The molecule has 0 bridgehead atoms. The number of carbonyl (C=O) groups is 1. The van der Waals surface area contributed by atoms with Crippen molar-refractivity contribution in [1.82, 2.24) is 10.3 Å². The van der Waals surface area contributed by atoms with E-state index in [2.05, 4.69) is 24.2 Å². The van der Waals surface area contributed by atoms with Crippen molar-refractivity contribution in [3.05, 3.63) is 0 Å². The van der Waals surface area contributed by atoms with Crippen molar-refractivity contribution in [1.29, 1.82) is 0 Å². The second-order valence-corrected chi connectivity index (χ2v) is 5.47. The van der Waals surface area contributed by atoms with Crippen molar-refractivity contribution in [2.75, 3.05) is 12.3 Å². The highest BCUT2D eigenvalue weighted by Gasteiger charge is 2.33. The number of rotatable bonds is 3. The van der Waals surface area contributed by atoms with Gasteiger partial charge in [0.05, 0.1) is 6.04 Å². The van der Waals surface area contributed by atoms with Crippen LogP contribution in [0.25, 0.3) is 0 Å². The molecule has 3 atom stereocenters. The quantitative estimate of drug-likeness (QED) is 0.424. The molecule has 1 amide bonds. The Bertz CT molecular complexity index is 225. The number of amides is 1. The van der Waals surface area contributed by atoms with Crippen LogP contribution in [0.5, 0.6) is 0 Å². The maximum atomic E-state index is 11.6. The second kappa shape index (κ2) is 5.72. The number of hydrogen-bond acceptors (Lipinski definition) is 4. The van der Waals surface area contributed by atoms with Gasteiger partial charge in [-0.25, -0.2) is 5.84 Å². The van der Waals surface area contributed by atoms with Crippen LogP contribution < -0.4 is 11.3 Å². The Morgan fingerprint density at radius 1 is 1.67 bits per heavy atom. The van der Waals surface area contributed by atoms with Crippen LogP contribution in [-0.4, -0.2) is 40.4 Å². The van der Waals surface area contributed by atoms with Gasteiger partial charge in [-0.2, -0.15) is 11.8 Å². The fraction of sp³-hybridized carbons (Fsp3) is 0.900. The average molecular weight is 231 g/mol. The molecule has 1 aliphatic rings. The molecule has 88 valence electrons. The fourth-order valence-electron chi connectivity index (χ4n) is 2.06. The molecule has 0 radical (unpaired) electrons. The summed E-state index contributed by atoms with van der Waals surface area (Å²) in [6.07, 6.45) is 0.810. The van der Waals surface area contributed by atoms with Crippen LogP contribution in [0.1, 0.15) is 27.2 Å². The number of nitrogens with two attached hydrogens (primary N) is 1. The van der Waals surface area contributed by atoms with Gasteiger partial charge in [-0.3, -0.25) is 15.1 Å². The largest absolute Gasteiger partial charge is 0.293 e. The van der Waals surface area contributed by atoms with Crippen molar-refractivity contribution < 1.29 is 4.79 Å². The Morgan fingerprint density at radius 2 is 2.33 bits per heavy atom. The van der Waals surface area contributed by atoms with Crippen molar-refractivity contribution in [2.24, 2.45) is 5.84 Å². The Hall–Kier alpha value is -0.260. The highest BCUT2D eigenvalue weighted by atomic mass is 32.2. The highest BCUT2D eigenvalue weighted by Crippen LogP contribution is 2.26. The minimum Gasteiger partial charge on any atom is -0.293 e. The zero-order valence-corrected chi connectivity index (χ0v) is 10.5. The minimum atomic E-state index is -0.0756. The van der Waals surface area contributed by atoms with Gasteiger partial charge in [-0.1, -0.05) is 13.8 Å². The first-order valence-corrected chi connectivity index (χ1v) is 6.54. The first-order chi connectivity index (χ1) is 7.11. The molecule has 4 nitrogen and oxygen atoms in total. The molecule has 0 saturated carbocycles. The smallest absolute Gasteiger partial charge is 0.251 e. The number of nitrogens with one attached hydrogen (secondary N) is 1. The van der Waals surface area contributed by atoms with E-state index in [1.807, 2.05) is 18.7 Å². The molecule has 0 aromatic carbocycles. The summed E-state index contributed by atoms with van der Waals surface area (Å²) in [5.41, 5.74) is 2.26. The van der Waals surface area contributed by atoms with Gasteiger partial charge >= 0.3 is 0 Å². The lowest BCUT2D eigenvalue weighted by atomic mass is 10.1. The Kier molecular flexibility index (Phi) is 4.89. The lowest BCUT2D eigenvalue weighted by molar-refractivity contribution is -0.127. The Balaban J connectivity index is 2.70. The molecule has 1 saturated heterocycles. The van der Waals surface area contributed by atoms with Gasteiger partial charge in [-0.15, -0.1) is 0 Å². The molecule has 15 heavy (non-hydrogen) atoms. The molecule has 0 aliphatic carbocycles. The van der Waals surface area contributed by atoms with Crippen LogP contribution in [0, 0.1) is 0 Å². The second-order valence-electron chi connectivity index (χ2n) is 3.99. The minimum absolute atomic E-state index is 0.0662. The third-order valence-corrected chi connectivity index (χ3v) is 4.50. The maximum Gasteiger partial charge on any atom is 0.251 e. The highest BCUT2D eigenvalue weighted by molar-refractivity contribution is 8.00. The summed E-state index contributed by atoms with van der Waals surface area (Å²) in [6, 6.07) is 0.361. The topological polar surface area (TPSA) is 58.4 Å². The van der Waals surface area contributed by atoms with Gasteiger partial charge < -0.3 is 0 Å². The van der Waals surface area contributed by atoms with Crippen LogP contribution in [0.3, 0.4) is 0 Å². The number of carbonyl (C=O) groups excluding carboxylic acids is 1. The zero-order valence-electron chi connectivity index (χ0n) is 9.69. The average Bonchev–Trinajstić information content (AvgIpc) is 2.24. The molecule has 1 aliphatic heterocycles. The molecule has 0 spiro atoms. The van der Waals surface area contributed by atoms with Crippen LogP contribution in [-0.2, 0) is 4.79 Å². The number of hydrazine groups is 1. The molecule has 1 rings (SSSR count). The number of thioether (sulfide) groups is 1. The van der Waals surface area contributed by atoms with Gasteiger partial charge in [0, 0.05) is 23.6 Å². The maximum absolute atomic E-state index is 11.6. The van der Waals surface area contributed by atoms with Gasteiger partial charge in [0.1, 0.15) is 0 Å². The third kappa shape index (κ3) is 2.86. The summed E-state index contributed by atoms with van der Waals surface area (Å²) in [5, 5.41) is 0.582. The lowest BCUT2D eigenvalue weighted by Crippen LogP contribution is -2.56. The van der Waals surface area contributed by atoms with E-state index in [0.29, 0.717) is 11.3 Å². The molecule has 0 aromatic heterocycles. The predicted molar refractivity (Wildman–Crippen MR) is 64.5 cm³/mol. The zero-order chi connectivity index (χ0) is 11.4. The number of nitrogens with zero attached hydrogens (tertiary/aromatic N) is 1. The van der Waals surface area contributed by atoms with E-state index in [0.717, 1.165) is 18.7 Å². The summed E-state index contributed by atoms with van der Waals surface area (Å²) in [6.45, 7) is 7.40. The van der Waals surface area contributed by atoms with E-state index in [-0.39, 0.29) is 11.9 Å². The van der Waals surface area contributed by atoms with Gasteiger partial charge in [-0.05, 0) is 13.3 Å². The van der Waals surface area contributed by atoms with Crippen molar-refractivity contribution in [3.63, 3.8) is 0 Å². The molecular formula is C10H21N3OS. The molecule has 5 heteroatoms. The normalized spacial score (nSPS) is 29.9. The van der Waals surface area contributed by atoms with Gasteiger partial charge in [0.15, 0.2) is 0 Å². The van der Waals surface area contributed by atoms with Gasteiger partial charge in [0.25, 0.3) is 5.91 Å². The van der Waals surface area contributed by atoms with E-state index in [9.17, 15) is 4.79 Å². The SMILES string of the molecule is CCC(C(=O)NN)N1CCSC(C)C1C. The van der Waals surface area contributed by atoms with Crippen LogP contribution in [0.15, 0.2) is 0 Å². The molecular weight excluding hydrogens is 210 g/mol. The van der Waals surface area contributed by atoms with E-state index in [1.54, 1.807) is 0 Å². The first-order valence-electron chi connectivity index (χ1n) is 5.49. The summed E-state index contributed by atoms with van der Waals surface area (Å²) in [4.78, 5) is 13.9. The number of hydrogen-bond donors (Lipinski definition) is 2. The van der Waals surface area contributed by atoms with E-state index >= 15 is 0 Å². The summed E-state index contributed by atoms with van der Waals surface area (Å²) in [7, 11) is 0. The standard InChI is InChI=1S/C10H21N3OS/c1-4-9(10(14)12-11)13-5-6-15-8(3)7(13)2/h7-9H,4-6,11H2,1-3H3,(H,12,14). The fourth-order valence-corrected chi connectivity index (χ4v) is 3.19. The third-order valence-electron chi connectivity index (χ3n) is 3.16. The predicted octanol–water partition coefficient (Wildman–Crippen LogP) is 0.581. The van der Waals surface area contributed by atoms with E-state index in [4.69, 9.17) is 5.84 Å². The summed E-state index contributed by atoms with van der Waals surface area (Å²) in [5.74, 6) is 6.23. The van der Waals surface area contributed by atoms with Crippen LogP contribution >= 0.6 is 11.8 Å². The Labute approximate surface area is 95.9 Å². The Morgan fingerprint density at radius 3 is 2.87 bits per heavy atom. The molecule has 3 N–H and O–H groups in total. The first kappa shape index (κ1) is 12.8. The summed E-state index contributed by atoms with van der Waals surface area (Å²) >= 11 is 1.97. The molecule has 3 unspecified atom stereocenters. The van der Waals surface area contributed by atoms with Crippen molar-refractivity contribution >= 4 is 17.7 Å². The molecule has 0 aromatic rings.